The Balaban J connectivity index is 1.63. The lowest BCUT2D eigenvalue weighted by molar-refractivity contribution is -0.384. The lowest BCUT2D eigenvalue weighted by atomic mass is 10.0. The van der Waals surface area contributed by atoms with Gasteiger partial charge in [-0.3, -0.25) is 15.1 Å². The zero-order valence-electron chi connectivity index (χ0n) is 14.8. The summed E-state index contributed by atoms with van der Waals surface area (Å²) in [4.78, 5) is 12.8. The van der Waals surface area contributed by atoms with E-state index in [0.29, 0.717) is 19.0 Å². The molecule has 0 saturated heterocycles. The van der Waals surface area contributed by atoms with E-state index < -0.39 is 4.92 Å². The number of hydrogen-bond donors (Lipinski definition) is 0. The fourth-order valence-electron chi connectivity index (χ4n) is 3.19. The van der Waals surface area contributed by atoms with E-state index in [1.54, 1.807) is 19.2 Å². The highest BCUT2D eigenvalue weighted by molar-refractivity contribution is 5.95. The van der Waals surface area contributed by atoms with Gasteiger partial charge in [-0.15, -0.1) is 0 Å². The van der Waals surface area contributed by atoms with E-state index in [4.69, 9.17) is 4.74 Å². The second-order valence-electron chi connectivity index (χ2n) is 6.28. The van der Waals surface area contributed by atoms with Crippen LogP contribution in [0, 0.1) is 10.1 Å². The number of fused-ring (bicyclic) bond motifs is 1. The van der Waals surface area contributed by atoms with Crippen molar-refractivity contribution in [2.24, 2.45) is 5.10 Å². The van der Waals surface area contributed by atoms with Gasteiger partial charge in [0.15, 0.2) is 5.84 Å². The zero-order chi connectivity index (χ0) is 18.8. The molecular weight excluding hydrogens is 344 g/mol. The van der Waals surface area contributed by atoms with Gasteiger partial charge in [0.05, 0.1) is 18.6 Å². The molecule has 7 nitrogen and oxygen atoms in total. The number of methoxy groups -OCH3 is 1. The smallest absolute Gasteiger partial charge is 0.270 e. The fourth-order valence-corrected chi connectivity index (χ4v) is 3.19. The third kappa shape index (κ3) is 3.39. The van der Waals surface area contributed by atoms with Crippen LogP contribution in [-0.4, -0.2) is 34.4 Å². The average molecular weight is 362 g/mol. The molecule has 4 rings (SSSR count). The predicted octanol–water partition coefficient (Wildman–Crippen LogP) is 3.74. The van der Waals surface area contributed by atoms with Crippen molar-refractivity contribution in [1.82, 2.24) is 9.91 Å². The van der Waals surface area contributed by atoms with E-state index in [1.165, 1.54) is 6.07 Å². The van der Waals surface area contributed by atoms with E-state index in [1.807, 2.05) is 53.7 Å². The predicted molar refractivity (Wildman–Crippen MR) is 103 cm³/mol. The summed E-state index contributed by atoms with van der Waals surface area (Å²) in [6.45, 7) is 1.32. The Bertz CT molecular complexity index is 981. The number of non-ortho nitro benzene ring substituents is 1. The molecule has 0 aliphatic carbocycles. The lowest BCUT2D eigenvalue weighted by Crippen LogP contribution is -2.26. The van der Waals surface area contributed by atoms with Crippen LogP contribution in [0.2, 0.25) is 0 Å². The van der Waals surface area contributed by atoms with Crippen LogP contribution >= 0.6 is 0 Å². The molecule has 0 bridgehead atoms. The Morgan fingerprint density at radius 2 is 2.11 bits per heavy atom. The van der Waals surface area contributed by atoms with Gasteiger partial charge in [0.2, 0.25) is 0 Å². The normalized spacial score (nSPS) is 14.9. The van der Waals surface area contributed by atoms with Crippen molar-refractivity contribution in [2.75, 3.05) is 13.8 Å². The molecule has 2 heterocycles. The van der Waals surface area contributed by atoms with Gasteiger partial charge in [-0.25, -0.2) is 0 Å². The Hall–Kier alpha value is -3.61. The highest BCUT2D eigenvalue weighted by Gasteiger charge is 2.21. The molecule has 0 aromatic heterocycles. The summed E-state index contributed by atoms with van der Waals surface area (Å²) in [5.41, 5.74) is 2.68. The molecule has 7 heteroatoms. The first-order chi connectivity index (χ1) is 13.1. The first kappa shape index (κ1) is 16.8. The van der Waals surface area contributed by atoms with Crippen molar-refractivity contribution in [3.05, 3.63) is 82.6 Å². The summed E-state index contributed by atoms with van der Waals surface area (Å²) in [5, 5.41) is 17.7. The maximum absolute atomic E-state index is 11.1. The van der Waals surface area contributed by atoms with Gasteiger partial charge in [-0.05, 0) is 35.4 Å². The third-order valence-electron chi connectivity index (χ3n) is 4.47. The van der Waals surface area contributed by atoms with Gasteiger partial charge in [0, 0.05) is 23.9 Å². The number of nitro groups is 1. The molecule has 2 aromatic rings. The quantitative estimate of drug-likeness (QED) is 0.598. The van der Waals surface area contributed by atoms with E-state index >= 15 is 0 Å². The largest absolute Gasteiger partial charge is 0.496 e. The molecule has 0 amide bonds. The van der Waals surface area contributed by atoms with Gasteiger partial charge >= 0.3 is 0 Å². The van der Waals surface area contributed by atoms with Crippen molar-refractivity contribution in [1.29, 1.82) is 0 Å². The summed E-state index contributed by atoms with van der Waals surface area (Å²) in [6.07, 6.45) is 7.92. The molecule has 0 atom stereocenters. The third-order valence-corrected chi connectivity index (χ3v) is 4.47. The maximum atomic E-state index is 11.1. The minimum absolute atomic E-state index is 0.0568. The van der Waals surface area contributed by atoms with E-state index in [2.05, 4.69) is 10.0 Å². The van der Waals surface area contributed by atoms with Crippen molar-refractivity contribution in [2.45, 2.75) is 6.54 Å². The Kier molecular flexibility index (Phi) is 4.33. The first-order valence-electron chi connectivity index (χ1n) is 8.51. The van der Waals surface area contributed by atoms with Crippen molar-refractivity contribution in [3.8, 4) is 16.9 Å². The summed E-state index contributed by atoms with van der Waals surface area (Å²) in [7, 11) is 1.60. The van der Waals surface area contributed by atoms with Gasteiger partial charge in [-0.2, -0.15) is 5.10 Å². The van der Waals surface area contributed by atoms with Crippen LogP contribution in [0.3, 0.4) is 0 Å². The zero-order valence-corrected chi connectivity index (χ0v) is 14.8. The van der Waals surface area contributed by atoms with Crippen molar-refractivity contribution < 1.29 is 9.66 Å². The number of nitrogens with zero attached hydrogens (tertiary/aromatic N) is 4. The molecule has 0 N–H and O–H groups in total. The molecule has 136 valence electrons. The van der Waals surface area contributed by atoms with Gasteiger partial charge < -0.3 is 9.64 Å². The SMILES string of the molecule is COc1ccc(CN2CN3C=CC=CC3=N2)cc1-c1cccc([N+](=O)[O-])c1. The molecular formula is C20H18N4O3. The summed E-state index contributed by atoms with van der Waals surface area (Å²) in [6, 6.07) is 12.5. The topological polar surface area (TPSA) is 71.2 Å². The van der Waals surface area contributed by atoms with Crippen LogP contribution in [0.5, 0.6) is 5.75 Å². The first-order valence-corrected chi connectivity index (χ1v) is 8.51. The standard InChI is InChI=1S/C20H18N4O3/c1-27-19-9-8-15(13-23-14-22-10-3-2-7-20(22)21-23)11-18(19)16-5-4-6-17(12-16)24(25)26/h2-12H,13-14H2,1H3. The number of amidine groups is 1. The molecule has 0 unspecified atom stereocenters. The maximum Gasteiger partial charge on any atom is 0.270 e. The number of nitro benzene ring substituents is 1. The summed E-state index contributed by atoms with van der Waals surface area (Å²) < 4.78 is 5.46. The molecule has 0 saturated carbocycles. The molecule has 0 radical (unpaired) electrons. The van der Waals surface area contributed by atoms with Gasteiger partial charge in [0.25, 0.3) is 5.69 Å². The van der Waals surface area contributed by atoms with E-state index in [9.17, 15) is 10.1 Å². The Labute approximate surface area is 156 Å². The number of ether oxygens (including phenoxy) is 1. The monoisotopic (exact) mass is 362 g/mol. The fraction of sp³-hybridized carbons (Fsp3) is 0.150. The Morgan fingerprint density at radius 1 is 1.22 bits per heavy atom. The molecule has 2 aromatic carbocycles. The van der Waals surface area contributed by atoms with Gasteiger partial charge in [-0.1, -0.05) is 24.3 Å². The number of hydrogen-bond acceptors (Lipinski definition) is 6. The van der Waals surface area contributed by atoms with E-state index in [0.717, 1.165) is 22.5 Å². The molecule has 0 spiro atoms. The molecule has 2 aliphatic rings. The van der Waals surface area contributed by atoms with Crippen molar-refractivity contribution in [3.63, 3.8) is 0 Å². The van der Waals surface area contributed by atoms with Crippen LogP contribution in [0.15, 0.2) is 72.0 Å². The van der Waals surface area contributed by atoms with Crippen molar-refractivity contribution >= 4 is 11.5 Å². The molecule has 27 heavy (non-hydrogen) atoms. The second-order valence-corrected chi connectivity index (χ2v) is 6.28. The van der Waals surface area contributed by atoms with Crippen LogP contribution in [0.4, 0.5) is 5.69 Å². The number of benzene rings is 2. The highest BCUT2D eigenvalue weighted by atomic mass is 16.6. The molecule has 2 aliphatic heterocycles. The highest BCUT2D eigenvalue weighted by Crippen LogP contribution is 2.33. The second kappa shape index (κ2) is 6.95. The number of allylic oxidation sites excluding steroid dienone is 2. The Morgan fingerprint density at radius 3 is 2.89 bits per heavy atom. The molecule has 0 fully saturated rings. The summed E-state index contributed by atoms with van der Waals surface area (Å²) in [5.74, 6) is 1.60. The van der Waals surface area contributed by atoms with E-state index in [-0.39, 0.29) is 5.69 Å². The minimum Gasteiger partial charge on any atom is -0.496 e. The van der Waals surface area contributed by atoms with Gasteiger partial charge in [0.1, 0.15) is 12.4 Å². The number of hydrazone groups is 1. The minimum atomic E-state index is -0.391. The van der Waals surface area contributed by atoms with Crippen LogP contribution in [0.1, 0.15) is 5.56 Å². The summed E-state index contributed by atoms with van der Waals surface area (Å²) >= 11 is 0. The lowest BCUT2D eigenvalue weighted by Gasteiger charge is -2.18. The van der Waals surface area contributed by atoms with Crippen LogP contribution in [0.25, 0.3) is 11.1 Å². The van der Waals surface area contributed by atoms with Crippen LogP contribution < -0.4 is 4.74 Å². The average Bonchev–Trinajstić information content (AvgIpc) is 3.10. The number of rotatable bonds is 5. The van der Waals surface area contributed by atoms with Crippen LogP contribution in [-0.2, 0) is 6.54 Å².